The first-order valence-electron chi connectivity index (χ1n) is 11.7. The Kier molecular flexibility index (Phi) is 8.35. The molecule has 204 valence electrons. The minimum absolute atomic E-state index is 0.254. The molecule has 0 bridgehead atoms. The van der Waals surface area contributed by atoms with Crippen LogP contribution in [-0.2, 0) is 29.9 Å². The molecule has 1 aromatic carbocycles. The third-order valence-electron chi connectivity index (χ3n) is 6.29. The molecule has 3 atom stereocenters. The Morgan fingerprint density at radius 3 is 2.16 bits per heavy atom. The molecule has 0 saturated carbocycles. The predicted octanol–water partition coefficient (Wildman–Crippen LogP) is 5.85. The first-order chi connectivity index (χ1) is 16.8. The van der Waals surface area contributed by atoms with Gasteiger partial charge in [0.05, 0.1) is 0 Å². The van der Waals surface area contributed by atoms with Crippen molar-refractivity contribution >= 4 is 64.7 Å². The number of ether oxygens (including phenoxy) is 2. The maximum Gasteiger partial charge on any atom is 0.333 e. The molecule has 1 fully saturated rings. The van der Waals surface area contributed by atoms with E-state index in [9.17, 15) is 14.7 Å². The molecule has 0 aromatic heterocycles. The molecular weight excluding hydrogens is 559 g/mol. The summed E-state index contributed by atoms with van der Waals surface area (Å²) in [6.07, 6.45) is 1.59. The van der Waals surface area contributed by atoms with Crippen LogP contribution in [0.15, 0.2) is 28.1 Å². The molecule has 1 N–H and O–H groups in total. The maximum absolute atomic E-state index is 13.5. The summed E-state index contributed by atoms with van der Waals surface area (Å²) in [6, 6.07) is 2.76. The zero-order chi connectivity index (χ0) is 28.1. The number of nitrogens with zero attached hydrogens (tertiary/aromatic N) is 2. The lowest BCUT2D eigenvalue weighted by molar-refractivity contribution is -0.193. The summed E-state index contributed by atoms with van der Waals surface area (Å²) in [5, 5.41) is 12.2. The summed E-state index contributed by atoms with van der Waals surface area (Å²) in [5.74, 6) is -0.919. The average Bonchev–Trinajstić information content (AvgIpc) is 2.76. The van der Waals surface area contributed by atoms with Gasteiger partial charge >= 0.3 is 5.97 Å². The van der Waals surface area contributed by atoms with Gasteiger partial charge in [0, 0.05) is 24.5 Å². The number of aliphatic imine (C=N–C) groups is 1. The third kappa shape index (κ3) is 5.93. The van der Waals surface area contributed by atoms with Gasteiger partial charge in [0.25, 0.3) is 11.6 Å². The van der Waals surface area contributed by atoms with E-state index in [1.165, 1.54) is 23.8 Å². The van der Waals surface area contributed by atoms with Gasteiger partial charge in [0.1, 0.15) is 17.7 Å². The smallest absolute Gasteiger partial charge is 0.333 e. The molecule has 2 heterocycles. The third-order valence-corrected chi connectivity index (χ3v) is 7.93. The van der Waals surface area contributed by atoms with Crippen LogP contribution in [0.25, 0.3) is 0 Å². The van der Waals surface area contributed by atoms with Crippen molar-refractivity contribution in [3.8, 4) is 5.75 Å². The highest BCUT2D eigenvalue weighted by molar-refractivity contribution is 8.03. The van der Waals surface area contributed by atoms with E-state index >= 15 is 0 Å². The zero-order valence-corrected chi connectivity index (χ0v) is 25.3. The van der Waals surface area contributed by atoms with Crippen LogP contribution in [0.4, 0.5) is 0 Å². The van der Waals surface area contributed by atoms with Gasteiger partial charge in [-0.3, -0.25) is 4.79 Å². The van der Waals surface area contributed by atoms with Crippen LogP contribution in [0.3, 0.4) is 0 Å². The topological polar surface area (TPSA) is 88.4 Å². The molecule has 1 aromatic rings. The minimum atomic E-state index is -1.77. The van der Waals surface area contributed by atoms with Gasteiger partial charge in [0.15, 0.2) is 6.04 Å². The molecule has 1 unspecified atom stereocenters. The number of hydrogen-bond acceptors (Lipinski definition) is 7. The molecular formula is C26H33Cl3N2O5S. The van der Waals surface area contributed by atoms with E-state index < -0.39 is 39.4 Å². The van der Waals surface area contributed by atoms with Crippen LogP contribution in [0, 0.1) is 0 Å². The highest BCUT2D eigenvalue weighted by atomic mass is 35.6. The standard InChI is InChI=1S/C26H33Cl3N2O5S/c1-14-12-37-22-26(35-8,21(34)31(22)18(14)20(33)36-13-25(27,28)29)30-11-15-9-16(23(2,3)4)19(32)17(10-15)24(5,6)7/h9-12,18,22,32H,13H2,1-8H3/b30-11+/t18?,22-,26+/m1/s1. The molecule has 37 heavy (non-hydrogen) atoms. The van der Waals surface area contributed by atoms with Crippen LogP contribution in [0.5, 0.6) is 5.75 Å². The molecule has 1 saturated heterocycles. The number of benzene rings is 1. The number of aromatic hydroxyl groups is 1. The van der Waals surface area contributed by atoms with Gasteiger partial charge in [-0.15, -0.1) is 11.8 Å². The number of carbonyl (C=O) groups excluding carboxylic acids is 2. The molecule has 1 amide bonds. The normalized spacial score (nSPS) is 24.6. The quantitative estimate of drug-likeness (QED) is 0.200. The second kappa shape index (κ2) is 10.3. The number of thioether (sulfide) groups is 1. The molecule has 0 spiro atoms. The van der Waals surface area contributed by atoms with Crippen molar-refractivity contribution in [3.63, 3.8) is 0 Å². The van der Waals surface area contributed by atoms with Crippen molar-refractivity contribution in [2.24, 2.45) is 4.99 Å². The van der Waals surface area contributed by atoms with Crippen LogP contribution < -0.4 is 0 Å². The van der Waals surface area contributed by atoms with Gasteiger partial charge in [-0.1, -0.05) is 76.3 Å². The summed E-state index contributed by atoms with van der Waals surface area (Å²) < 4.78 is 9.07. The first kappa shape index (κ1) is 30.1. The maximum atomic E-state index is 13.5. The second-order valence-corrected chi connectivity index (χ2v) is 14.8. The number of rotatable bonds is 5. The van der Waals surface area contributed by atoms with Gasteiger partial charge < -0.3 is 19.5 Å². The fourth-order valence-corrected chi connectivity index (χ4v) is 5.75. The Balaban J connectivity index is 1.97. The highest BCUT2D eigenvalue weighted by Gasteiger charge is 2.66. The predicted molar refractivity (Wildman–Crippen MR) is 150 cm³/mol. The van der Waals surface area contributed by atoms with Crippen molar-refractivity contribution in [1.82, 2.24) is 4.90 Å². The largest absolute Gasteiger partial charge is 0.507 e. The molecule has 0 aliphatic carbocycles. The summed E-state index contributed by atoms with van der Waals surface area (Å²) in [6.45, 7) is 13.4. The lowest BCUT2D eigenvalue weighted by Gasteiger charge is -2.55. The summed E-state index contributed by atoms with van der Waals surface area (Å²) >= 11 is 18.5. The minimum Gasteiger partial charge on any atom is -0.507 e. The van der Waals surface area contributed by atoms with Crippen molar-refractivity contribution in [3.05, 3.63) is 39.8 Å². The molecule has 2 aliphatic rings. The number of hydrogen-bond donors (Lipinski definition) is 1. The van der Waals surface area contributed by atoms with Crippen molar-refractivity contribution in [1.29, 1.82) is 0 Å². The first-order valence-corrected chi connectivity index (χ1v) is 13.8. The van der Waals surface area contributed by atoms with Crippen LogP contribution in [-0.4, -0.2) is 62.7 Å². The van der Waals surface area contributed by atoms with E-state index in [1.54, 1.807) is 18.5 Å². The molecule has 0 radical (unpaired) electrons. The highest BCUT2D eigenvalue weighted by Crippen LogP contribution is 2.48. The fourth-order valence-electron chi connectivity index (χ4n) is 4.32. The number of alkyl halides is 3. The van der Waals surface area contributed by atoms with Crippen LogP contribution in [0.1, 0.15) is 65.2 Å². The molecule has 7 nitrogen and oxygen atoms in total. The lowest BCUT2D eigenvalue weighted by atomic mass is 9.78. The van der Waals surface area contributed by atoms with Crippen molar-refractivity contribution < 1.29 is 24.2 Å². The van der Waals surface area contributed by atoms with Crippen molar-refractivity contribution in [2.45, 2.75) is 80.2 Å². The van der Waals surface area contributed by atoms with Crippen LogP contribution >= 0.6 is 46.6 Å². The van der Waals surface area contributed by atoms with Gasteiger partial charge in [-0.25, -0.2) is 9.79 Å². The summed E-state index contributed by atoms with van der Waals surface area (Å²) in [5.41, 5.74) is 0.725. The van der Waals surface area contributed by atoms with Gasteiger partial charge in [-0.2, -0.15) is 0 Å². The van der Waals surface area contributed by atoms with E-state index in [2.05, 4.69) is 4.99 Å². The number of methoxy groups -OCH3 is 1. The molecule has 11 heteroatoms. The fraction of sp³-hybridized carbons (Fsp3) is 0.577. The molecule has 2 aliphatic heterocycles. The number of halogens is 3. The lowest BCUT2D eigenvalue weighted by Crippen LogP contribution is -2.76. The number of fused-ring (bicyclic) bond motifs is 1. The Labute approximate surface area is 237 Å². The SMILES string of the molecule is CO[C@@]1(/N=C/c2cc(C(C)(C)C)c(O)c(C(C)(C)C)c2)C(=O)N2C(C(=O)OCC(Cl)(Cl)Cl)C(C)=CS[C@@H]21. The van der Waals surface area contributed by atoms with Crippen molar-refractivity contribution in [2.75, 3.05) is 13.7 Å². The van der Waals surface area contributed by atoms with Crippen LogP contribution in [0.2, 0.25) is 0 Å². The number of esters is 1. The zero-order valence-electron chi connectivity index (χ0n) is 22.2. The van der Waals surface area contributed by atoms with E-state index in [0.717, 1.165) is 16.7 Å². The molecule has 3 rings (SSSR count). The monoisotopic (exact) mass is 590 g/mol. The summed E-state index contributed by atoms with van der Waals surface area (Å²) in [7, 11) is 1.41. The summed E-state index contributed by atoms with van der Waals surface area (Å²) in [4.78, 5) is 32.3. The van der Waals surface area contributed by atoms with E-state index in [4.69, 9.17) is 44.3 Å². The van der Waals surface area contributed by atoms with E-state index in [1.807, 2.05) is 53.7 Å². The van der Waals surface area contributed by atoms with Gasteiger partial charge in [0.2, 0.25) is 3.79 Å². The Bertz CT molecular complexity index is 1120. The number of phenolic OH excluding ortho intramolecular Hbond substituents is 1. The Morgan fingerprint density at radius 1 is 1.16 bits per heavy atom. The number of β-lactam (4-membered cyclic amide) rings is 1. The number of amides is 1. The number of phenols is 1. The van der Waals surface area contributed by atoms with E-state index in [-0.39, 0.29) is 16.6 Å². The average molecular weight is 592 g/mol. The number of carbonyl (C=O) groups is 2. The van der Waals surface area contributed by atoms with E-state index in [0.29, 0.717) is 5.57 Å². The Hall–Kier alpha value is -1.45. The van der Waals surface area contributed by atoms with Gasteiger partial charge in [-0.05, 0) is 46.4 Å². The Morgan fingerprint density at radius 2 is 1.70 bits per heavy atom. The second-order valence-electron chi connectivity index (χ2n) is 11.3.